The Morgan fingerprint density at radius 1 is 0.771 bits per heavy atom. The zero-order valence-electron chi connectivity index (χ0n) is 19.6. The number of hydrogen-bond donors (Lipinski definition) is 0. The van der Waals surface area contributed by atoms with Gasteiger partial charge in [-0.25, -0.2) is 4.99 Å². The van der Waals surface area contributed by atoms with Gasteiger partial charge in [-0.15, -0.1) is 0 Å². The Labute approximate surface area is 216 Å². The Bertz CT molecular complexity index is 1370. The summed E-state index contributed by atoms with van der Waals surface area (Å²) in [6.45, 7) is 4.28. The highest BCUT2D eigenvalue weighted by atomic mass is 35.5. The molecule has 2 unspecified atom stereocenters. The van der Waals surface area contributed by atoms with Crippen LogP contribution >= 0.6 is 23.2 Å². The van der Waals surface area contributed by atoms with Crippen molar-refractivity contribution in [2.45, 2.75) is 25.4 Å². The number of nitrogens with zero attached hydrogens (tertiary/aromatic N) is 3. The zero-order valence-corrected chi connectivity index (χ0v) is 21.1. The maximum absolute atomic E-state index is 6.23. The van der Waals surface area contributed by atoms with E-state index in [4.69, 9.17) is 33.2 Å². The number of hydrogen-bond acceptors (Lipinski definition) is 3. The molecule has 0 aliphatic carbocycles. The van der Waals surface area contributed by atoms with Crippen LogP contribution in [0.25, 0.3) is 0 Å². The van der Waals surface area contributed by atoms with Gasteiger partial charge >= 0.3 is 0 Å². The average Bonchev–Trinajstić information content (AvgIpc) is 3.21. The van der Waals surface area contributed by atoms with Gasteiger partial charge < -0.3 is 4.90 Å². The summed E-state index contributed by atoms with van der Waals surface area (Å²) in [5, 5.41) is 1.39. The minimum atomic E-state index is -0.703. The van der Waals surface area contributed by atoms with Gasteiger partial charge in [0.1, 0.15) is 11.4 Å². The van der Waals surface area contributed by atoms with Crippen molar-refractivity contribution < 1.29 is 0 Å². The molecule has 0 saturated carbocycles. The van der Waals surface area contributed by atoms with Crippen LogP contribution in [0.4, 0.5) is 11.4 Å². The summed E-state index contributed by atoms with van der Waals surface area (Å²) in [5.74, 6) is 0.898. The van der Waals surface area contributed by atoms with Crippen molar-refractivity contribution in [3.05, 3.63) is 130 Å². The first-order valence-electron chi connectivity index (χ1n) is 11.6. The second-order valence-corrected chi connectivity index (χ2v) is 9.50. The number of aliphatic imine (C=N–C) groups is 2. The Balaban J connectivity index is 1.75. The van der Waals surface area contributed by atoms with E-state index in [9.17, 15) is 0 Å². The fourth-order valence-corrected chi connectivity index (χ4v) is 5.06. The molecule has 1 heterocycles. The van der Waals surface area contributed by atoms with E-state index in [1.807, 2.05) is 72.8 Å². The molecule has 0 saturated heterocycles. The molecule has 0 fully saturated rings. The topological polar surface area (TPSA) is 28.0 Å². The average molecular weight is 498 g/mol. The summed E-state index contributed by atoms with van der Waals surface area (Å²) in [7, 11) is 0. The van der Waals surface area contributed by atoms with Gasteiger partial charge in [-0.3, -0.25) is 4.99 Å². The van der Waals surface area contributed by atoms with Crippen molar-refractivity contribution in [2.24, 2.45) is 9.98 Å². The molecule has 5 rings (SSSR count). The maximum atomic E-state index is 6.23. The predicted molar refractivity (Wildman–Crippen MR) is 149 cm³/mol. The summed E-state index contributed by atoms with van der Waals surface area (Å²) >= 11 is 12.4. The minimum absolute atomic E-state index is 0.0580. The highest BCUT2D eigenvalue weighted by Gasteiger charge is 2.50. The molecular weight excluding hydrogens is 473 g/mol. The van der Waals surface area contributed by atoms with Crippen LogP contribution < -0.4 is 4.90 Å². The maximum Gasteiger partial charge on any atom is 0.146 e. The van der Waals surface area contributed by atoms with Gasteiger partial charge in [-0.1, -0.05) is 83.9 Å². The summed E-state index contributed by atoms with van der Waals surface area (Å²) in [6.07, 6.45) is 0. The van der Waals surface area contributed by atoms with Gasteiger partial charge in [-0.2, -0.15) is 0 Å². The third-order valence-electron chi connectivity index (χ3n) is 6.53. The summed E-state index contributed by atoms with van der Waals surface area (Å²) in [4.78, 5) is 12.8. The van der Waals surface area contributed by atoms with Crippen LogP contribution in [0.3, 0.4) is 0 Å². The Kier molecular flexibility index (Phi) is 6.46. The molecule has 1 aliphatic heterocycles. The smallest absolute Gasteiger partial charge is 0.146 e. The van der Waals surface area contributed by atoms with Crippen LogP contribution in [0, 0.1) is 0 Å². The van der Waals surface area contributed by atoms with Crippen molar-refractivity contribution in [2.75, 3.05) is 4.90 Å². The quantitative estimate of drug-likeness (QED) is 0.254. The van der Waals surface area contributed by atoms with E-state index in [1.54, 1.807) is 0 Å². The molecule has 35 heavy (non-hydrogen) atoms. The van der Waals surface area contributed by atoms with Gasteiger partial charge in [0, 0.05) is 27.0 Å². The molecule has 2 atom stereocenters. The van der Waals surface area contributed by atoms with Crippen LogP contribution in [0.5, 0.6) is 0 Å². The van der Waals surface area contributed by atoms with Crippen LogP contribution in [0.2, 0.25) is 10.0 Å². The molecule has 0 aromatic heterocycles. The van der Waals surface area contributed by atoms with Crippen LogP contribution in [0.15, 0.2) is 119 Å². The monoisotopic (exact) mass is 497 g/mol. The van der Waals surface area contributed by atoms with E-state index < -0.39 is 5.54 Å². The molecule has 0 radical (unpaired) electrons. The third-order valence-corrected chi connectivity index (χ3v) is 7.03. The van der Waals surface area contributed by atoms with E-state index in [1.165, 1.54) is 0 Å². The number of amidine groups is 1. The van der Waals surface area contributed by atoms with Gasteiger partial charge in [0.2, 0.25) is 0 Å². The van der Waals surface area contributed by atoms with Crippen molar-refractivity contribution in [1.29, 1.82) is 0 Å². The first-order valence-corrected chi connectivity index (χ1v) is 12.3. The lowest BCUT2D eigenvalue weighted by atomic mass is 9.80. The van der Waals surface area contributed by atoms with Crippen LogP contribution in [-0.2, 0) is 5.54 Å². The first-order chi connectivity index (χ1) is 17.0. The predicted octanol–water partition coefficient (Wildman–Crippen LogP) is 8.34. The van der Waals surface area contributed by atoms with Crippen molar-refractivity contribution >= 4 is 46.1 Å². The third kappa shape index (κ3) is 4.38. The van der Waals surface area contributed by atoms with Crippen molar-refractivity contribution in [3.63, 3.8) is 0 Å². The summed E-state index contributed by atoms with van der Waals surface area (Å²) < 4.78 is 0. The normalized spacial score (nSPS) is 20.1. The van der Waals surface area contributed by atoms with E-state index in [-0.39, 0.29) is 6.04 Å². The molecule has 4 aromatic carbocycles. The summed E-state index contributed by atoms with van der Waals surface area (Å²) in [5.41, 5.74) is 4.21. The molecule has 174 valence electrons. The van der Waals surface area contributed by atoms with Gasteiger partial charge in [0.05, 0.1) is 11.7 Å². The summed E-state index contributed by atoms with van der Waals surface area (Å²) in [6, 6.07) is 36.2. The second-order valence-electron chi connectivity index (χ2n) is 8.63. The Morgan fingerprint density at radius 3 is 1.91 bits per heavy atom. The minimum Gasteiger partial charge on any atom is -0.320 e. The molecule has 3 nitrogen and oxygen atoms in total. The molecule has 0 bridgehead atoms. The van der Waals surface area contributed by atoms with Gasteiger partial charge in [0.15, 0.2) is 0 Å². The Hall–Kier alpha value is -3.40. The van der Waals surface area contributed by atoms with E-state index in [2.05, 4.69) is 55.1 Å². The molecule has 0 N–H and O–H groups in total. The van der Waals surface area contributed by atoms with E-state index in [0.29, 0.717) is 10.0 Å². The zero-order chi connectivity index (χ0) is 24.4. The lowest BCUT2D eigenvalue weighted by Gasteiger charge is -2.36. The largest absolute Gasteiger partial charge is 0.320 e. The standard InChI is InChI=1S/C30H25Cl2N3/c1-21(33-27-17-13-25(31)14-18-27)30(24-11-7-4-8-12-24)22(2)35(28-19-15-26(32)16-20-28)29(34-30)23-9-5-3-6-10-23/h3-20,22H,1-2H3. The fraction of sp³-hybridized carbons (Fsp3) is 0.133. The van der Waals surface area contributed by atoms with Crippen molar-refractivity contribution in [1.82, 2.24) is 0 Å². The molecule has 1 aliphatic rings. The highest BCUT2D eigenvalue weighted by Crippen LogP contribution is 2.43. The second kappa shape index (κ2) is 9.69. The van der Waals surface area contributed by atoms with Crippen LogP contribution in [-0.4, -0.2) is 17.6 Å². The Morgan fingerprint density at radius 2 is 1.31 bits per heavy atom. The SMILES string of the molecule is CC(=Nc1ccc(Cl)cc1)C1(c2ccccc2)N=C(c2ccccc2)N(c2ccc(Cl)cc2)C1C. The van der Waals surface area contributed by atoms with Gasteiger partial charge in [0.25, 0.3) is 0 Å². The number of halogens is 2. The molecule has 0 amide bonds. The fourth-order valence-electron chi connectivity index (χ4n) is 4.81. The number of benzene rings is 4. The lowest BCUT2D eigenvalue weighted by molar-refractivity contribution is 0.528. The molecular formula is C30H25Cl2N3. The molecule has 0 spiro atoms. The van der Waals surface area contributed by atoms with E-state index >= 15 is 0 Å². The van der Waals surface area contributed by atoms with Crippen LogP contribution in [0.1, 0.15) is 25.0 Å². The van der Waals surface area contributed by atoms with E-state index in [0.717, 1.165) is 34.0 Å². The molecule has 4 aromatic rings. The molecule has 5 heteroatoms. The number of anilines is 1. The highest BCUT2D eigenvalue weighted by molar-refractivity contribution is 6.31. The number of rotatable bonds is 5. The van der Waals surface area contributed by atoms with Crippen molar-refractivity contribution in [3.8, 4) is 0 Å². The lowest BCUT2D eigenvalue weighted by Crippen LogP contribution is -2.47. The van der Waals surface area contributed by atoms with Gasteiger partial charge in [-0.05, 0) is 67.9 Å². The first kappa shape index (κ1) is 23.3.